The third kappa shape index (κ3) is 2.71. The number of nitrogens with zero attached hydrogens (tertiary/aromatic N) is 2. The third-order valence-electron chi connectivity index (χ3n) is 2.92. The molecule has 18 heavy (non-hydrogen) atoms. The summed E-state index contributed by atoms with van der Waals surface area (Å²) in [5, 5.41) is 4.63. The van der Waals surface area contributed by atoms with Crippen molar-refractivity contribution in [3.63, 3.8) is 0 Å². The monoisotopic (exact) mass is 303 g/mol. The van der Waals surface area contributed by atoms with Crippen LogP contribution in [0.1, 0.15) is 33.1 Å². The summed E-state index contributed by atoms with van der Waals surface area (Å²) in [6.07, 6.45) is 3.29. The van der Waals surface area contributed by atoms with Crippen molar-refractivity contribution >= 4 is 51.6 Å². The molecule has 1 atom stereocenters. The van der Waals surface area contributed by atoms with Gasteiger partial charge < -0.3 is 5.32 Å². The molecular weight excluding hydrogens is 289 g/mol. The van der Waals surface area contributed by atoms with Crippen molar-refractivity contribution in [2.75, 3.05) is 5.32 Å². The van der Waals surface area contributed by atoms with Gasteiger partial charge in [0.2, 0.25) is 0 Å². The second-order valence-corrected chi connectivity index (χ2v) is 5.56. The highest BCUT2D eigenvalue weighted by Crippen LogP contribution is 2.47. The highest BCUT2D eigenvalue weighted by atomic mass is 35.5. The minimum atomic E-state index is 0.401. The van der Waals surface area contributed by atoms with Crippen LogP contribution < -0.4 is 5.32 Å². The fourth-order valence-corrected chi connectivity index (χ4v) is 3.11. The maximum atomic E-state index is 6.26. The lowest BCUT2D eigenvalue weighted by atomic mass is 10.1. The van der Waals surface area contributed by atoms with Crippen molar-refractivity contribution in [2.24, 2.45) is 8.73 Å². The molecule has 1 aliphatic rings. The molecule has 1 aliphatic heterocycles. The summed E-state index contributed by atoms with van der Waals surface area (Å²) in [6, 6.07) is 2.13. The van der Waals surface area contributed by atoms with Gasteiger partial charge in [-0.2, -0.15) is 8.73 Å². The highest BCUT2D eigenvalue weighted by molar-refractivity contribution is 7.58. The van der Waals surface area contributed by atoms with Gasteiger partial charge in [-0.1, -0.05) is 43.5 Å². The first-order valence-electron chi connectivity index (χ1n) is 6.04. The van der Waals surface area contributed by atoms with Crippen molar-refractivity contribution in [1.82, 2.24) is 0 Å². The Morgan fingerprint density at radius 1 is 1.22 bits per heavy atom. The minimum absolute atomic E-state index is 0.401. The van der Waals surface area contributed by atoms with E-state index >= 15 is 0 Å². The standard InChI is InChI=1S/C12H15Cl2N3S/c1-3-5-7(4-2)15-10-8(13)6-9(14)11-12(10)17-18-16-11/h6-7,15H,3-5H2,1-2H3. The van der Waals surface area contributed by atoms with Gasteiger partial charge in [-0.05, 0) is 18.9 Å². The van der Waals surface area contributed by atoms with Gasteiger partial charge in [-0.15, -0.1) is 0 Å². The predicted octanol–water partition coefficient (Wildman–Crippen LogP) is 5.71. The normalized spacial score (nSPS) is 14.2. The molecule has 0 aromatic heterocycles. The Morgan fingerprint density at radius 3 is 2.61 bits per heavy atom. The van der Waals surface area contributed by atoms with Crippen LogP contribution in [-0.2, 0) is 11.4 Å². The molecule has 3 nitrogen and oxygen atoms in total. The average Bonchev–Trinajstić information content (AvgIpc) is 2.82. The van der Waals surface area contributed by atoms with Gasteiger partial charge in [-0.3, -0.25) is 0 Å². The molecule has 0 bridgehead atoms. The Labute approximate surface area is 121 Å². The van der Waals surface area contributed by atoms with Crippen LogP contribution in [0.3, 0.4) is 0 Å². The average molecular weight is 304 g/mol. The van der Waals surface area contributed by atoms with Crippen LogP contribution in [0.5, 0.6) is 0 Å². The molecule has 0 saturated carbocycles. The third-order valence-corrected chi connectivity index (χ3v) is 4.04. The van der Waals surface area contributed by atoms with E-state index in [2.05, 4.69) is 27.9 Å². The first-order chi connectivity index (χ1) is 8.67. The van der Waals surface area contributed by atoms with Gasteiger partial charge in [-0.25, -0.2) is 0 Å². The van der Waals surface area contributed by atoms with Gasteiger partial charge in [0, 0.05) is 6.04 Å². The largest absolute Gasteiger partial charge is 0.379 e. The van der Waals surface area contributed by atoms with Crippen LogP contribution in [0.4, 0.5) is 17.1 Å². The molecule has 6 heteroatoms. The van der Waals surface area contributed by atoms with E-state index in [4.69, 9.17) is 23.2 Å². The molecule has 1 heterocycles. The van der Waals surface area contributed by atoms with Gasteiger partial charge >= 0.3 is 0 Å². The number of anilines is 1. The first-order valence-corrected chi connectivity index (χ1v) is 7.52. The molecule has 0 radical (unpaired) electrons. The van der Waals surface area contributed by atoms with Gasteiger partial charge in [0.15, 0.2) is 0 Å². The van der Waals surface area contributed by atoms with E-state index in [9.17, 15) is 0 Å². The molecule has 1 unspecified atom stereocenters. The van der Waals surface area contributed by atoms with E-state index < -0.39 is 0 Å². The fourth-order valence-electron chi connectivity index (χ4n) is 1.94. The number of fused-ring (bicyclic) bond motifs is 1. The van der Waals surface area contributed by atoms with E-state index in [1.165, 1.54) is 0 Å². The van der Waals surface area contributed by atoms with Crippen molar-refractivity contribution in [1.29, 1.82) is 0 Å². The van der Waals surface area contributed by atoms with Crippen molar-refractivity contribution in [3.8, 4) is 0 Å². The Bertz CT molecular complexity index is 525. The molecule has 1 N–H and O–H groups in total. The molecule has 0 saturated heterocycles. The summed E-state index contributed by atoms with van der Waals surface area (Å²) in [4.78, 5) is 0. The van der Waals surface area contributed by atoms with Crippen LogP contribution in [0.25, 0.3) is 0 Å². The highest BCUT2D eigenvalue weighted by Gasteiger charge is 2.20. The fraction of sp³-hybridized carbons (Fsp3) is 0.500. The zero-order valence-electron chi connectivity index (χ0n) is 10.3. The second-order valence-electron chi connectivity index (χ2n) is 4.21. The Morgan fingerprint density at radius 2 is 1.94 bits per heavy atom. The van der Waals surface area contributed by atoms with Gasteiger partial charge in [0.25, 0.3) is 0 Å². The van der Waals surface area contributed by atoms with E-state index in [0.29, 0.717) is 16.1 Å². The summed E-state index contributed by atoms with van der Waals surface area (Å²) in [7, 11) is 0. The summed E-state index contributed by atoms with van der Waals surface area (Å²) in [5.41, 5.74) is 2.34. The SMILES string of the molecule is CCCC(CC)Nc1c(Cl)cc(Cl)c2c1N=S=N2. The minimum Gasteiger partial charge on any atom is -0.379 e. The lowest BCUT2D eigenvalue weighted by Crippen LogP contribution is -2.18. The van der Waals surface area contributed by atoms with Gasteiger partial charge in [0.1, 0.15) is 11.4 Å². The smallest absolute Gasteiger partial charge is 0.130 e. The molecule has 1 aromatic carbocycles. The van der Waals surface area contributed by atoms with Gasteiger partial charge in [0.05, 0.1) is 27.1 Å². The number of hydrogen-bond donors (Lipinski definition) is 1. The maximum Gasteiger partial charge on any atom is 0.130 e. The molecule has 0 amide bonds. The van der Waals surface area contributed by atoms with E-state index in [-0.39, 0.29) is 0 Å². The summed E-state index contributed by atoms with van der Waals surface area (Å²) in [5.74, 6) is 0. The van der Waals surface area contributed by atoms with E-state index in [1.807, 2.05) is 0 Å². The zero-order chi connectivity index (χ0) is 13.1. The summed E-state index contributed by atoms with van der Waals surface area (Å²) in [6.45, 7) is 4.33. The molecule has 1 aromatic rings. The number of nitrogens with one attached hydrogen (secondary N) is 1. The van der Waals surface area contributed by atoms with E-state index in [1.54, 1.807) is 6.07 Å². The molecular formula is C12H15Cl2N3S. The van der Waals surface area contributed by atoms with Crippen LogP contribution in [-0.4, -0.2) is 6.04 Å². The predicted molar refractivity (Wildman–Crippen MR) is 80.6 cm³/mol. The number of hydrogen-bond acceptors (Lipinski definition) is 3. The van der Waals surface area contributed by atoms with Crippen LogP contribution in [0.2, 0.25) is 10.0 Å². The quantitative estimate of drug-likeness (QED) is 0.754. The molecule has 98 valence electrons. The zero-order valence-corrected chi connectivity index (χ0v) is 12.7. The number of benzene rings is 1. The number of rotatable bonds is 5. The topological polar surface area (TPSA) is 36.8 Å². The molecule has 0 spiro atoms. The van der Waals surface area contributed by atoms with Crippen molar-refractivity contribution < 1.29 is 0 Å². The van der Waals surface area contributed by atoms with Crippen LogP contribution in [0, 0.1) is 0 Å². The molecule has 2 rings (SSSR count). The summed E-state index contributed by atoms with van der Waals surface area (Å²) < 4.78 is 8.49. The lowest BCUT2D eigenvalue weighted by Gasteiger charge is -2.20. The van der Waals surface area contributed by atoms with Crippen LogP contribution in [0.15, 0.2) is 14.8 Å². The lowest BCUT2D eigenvalue weighted by molar-refractivity contribution is 0.623. The van der Waals surface area contributed by atoms with Crippen molar-refractivity contribution in [3.05, 3.63) is 16.1 Å². The molecule has 0 fully saturated rings. The number of halogens is 2. The Balaban J connectivity index is 2.34. The Kier molecular flexibility index (Phi) is 4.65. The second kappa shape index (κ2) is 6.04. The van der Waals surface area contributed by atoms with Crippen molar-refractivity contribution in [2.45, 2.75) is 39.2 Å². The van der Waals surface area contributed by atoms with Crippen LogP contribution >= 0.6 is 23.2 Å². The molecule has 0 aliphatic carbocycles. The summed E-state index contributed by atoms with van der Waals surface area (Å²) >= 11 is 13.5. The Hall–Kier alpha value is -0.580. The van der Waals surface area contributed by atoms with E-state index in [0.717, 1.165) is 47.7 Å². The first kappa shape index (κ1) is 13.8. The maximum absolute atomic E-state index is 6.26.